The highest BCUT2D eigenvalue weighted by molar-refractivity contribution is 8.00. The number of hydrogen-bond acceptors (Lipinski definition) is 11. The largest absolute Gasteiger partial charge is 0.493 e. The first-order valence-corrected chi connectivity index (χ1v) is 21.7. The van der Waals surface area contributed by atoms with Crippen LogP contribution in [0.25, 0.3) is 6.08 Å². The second kappa shape index (κ2) is 20.8. The molecule has 0 radical (unpaired) electrons. The SMILES string of the molecule is COC(=O)c1c(NC(=O)C(Sc2cccc(NC(=O)/C(=C\c3cc(OC)c(OC)c(OC)c3)NC(=O)c3ccccc3)c2)c2ccccc2)sc2c1CCN(Cc1ccccc1)C2. The molecule has 5 aromatic carbocycles. The summed E-state index contributed by atoms with van der Waals surface area (Å²) in [4.78, 5) is 59.2. The van der Waals surface area contributed by atoms with Crippen molar-refractivity contribution in [3.63, 3.8) is 0 Å². The van der Waals surface area contributed by atoms with E-state index < -0.39 is 23.0 Å². The molecule has 3 N–H and O–H groups in total. The van der Waals surface area contributed by atoms with Crippen LogP contribution in [0.5, 0.6) is 17.2 Å². The van der Waals surface area contributed by atoms with Gasteiger partial charge in [-0.3, -0.25) is 19.3 Å². The number of fused-ring (bicyclic) bond motifs is 1. The average molecular weight is 883 g/mol. The highest BCUT2D eigenvalue weighted by Crippen LogP contribution is 2.42. The molecular formula is C49H46N4O8S2. The Balaban J connectivity index is 1.14. The number of nitrogens with zero attached hydrogens (tertiary/aromatic N) is 1. The van der Waals surface area contributed by atoms with Gasteiger partial charge in [-0.25, -0.2) is 4.79 Å². The van der Waals surface area contributed by atoms with E-state index in [0.717, 1.165) is 29.1 Å². The summed E-state index contributed by atoms with van der Waals surface area (Å²) in [5.41, 5.74) is 4.45. The van der Waals surface area contributed by atoms with Crippen molar-refractivity contribution < 1.29 is 38.1 Å². The summed E-state index contributed by atoms with van der Waals surface area (Å²) < 4.78 is 21.7. The summed E-state index contributed by atoms with van der Waals surface area (Å²) >= 11 is 2.69. The number of carbonyl (C=O) groups excluding carboxylic acids is 4. The second-order valence-corrected chi connectivity index (χ2v) is 16.6. The van der Waals surface area contributed by atoms with Crippen LogP contribution in [-0.4, -0.2) is 63.6 Å². The predicted molar refractivity (Wildman–Crippen MR) is 247 cm³/mol. The molecule has 1 aliphatic heterocycles. The van der Waals surface area contributed by atoms with Gasteiger partial charge in [-0.2, -0.15) is 0 Å². The molecule has 1 aromatic heterocycles. The Kier molecular flexibility index (Phi) is 14.6. The van der Waals surface area contributed by atoms with Crippen LogP contribution in [0.3, 0.4) is 0 Å². The topological polar surface area (TPSA) is 145 Å². The number of methoxy groups -OCH3 is 4. The number of anilines is 2. The number of thiophene rings is 1. The van der Waals surface area contributed by atoms with Gasteiger partial charge in [0.25, 0.3) is 11.8 Å². The Labute approximate surface area is 374 Å². The van der Waals surface area contributed by atoms with Crippen LogP contribution in [0.1, 0.15) is 53.1 Å². The van der Waals surface area contributed by atoms with Crippen molar-refractivity contribution in [2.45, 2.75) is 29.7 Å². The third-order valence-electron chi connectivity index (χ3n) is 10.2. The van der Waals surface area contributed by atoms with Gasteiger partial charge in [-0.1, -0.05) is 84.9 Å². The molecule has 7 rings (SSSR count). The van der Waals surface area contributed by atoms with Crippen molar-refractivity contribution in [3.8, 4) is 17.2 Å². The van der Waals surface area contributed by atoms with Gasteiger partial charge in [0.15, 0.2) is 11.5 Å². The quantitative estimate of drug-likeness (QED) is 0.0490. The molecule has 0 saturated carbocycles. The molecular weight excluding hydrogens is 837 g/mol. The molecule has 1 aliphatic rings. The predicted octanol–water partition coefficient (Wildman–Crippen LogP) is 9.00. The van der Waals surface area contributed by atoms with E-state index in [0.29, 0.717) is 62.5 Å². The third-order valence-corrected chi connectivity index (χ3v) is 12.6. The summed E-state index contributed by atoms with van der Waals surface area (Å²) in [5.74, 6) is -0.814. The van der Waals surface area contributed by atoms with Gasteiger partial charge in [0, 0.05) is 40.7 Å². The lowest BCUT2D eigenvalue weighted by atomic mass is 10.0. The lowest BCUT2D eigenvalue weighted by Gasteiger charge is -2.27. The van der Waals surface area contributed by atoms with E-state index in [1.807, 2.05) is 54.6 Å². The molecule has 0 spiro atoms. The molecule has 1 atom stereocenters. The van der Waals surface area contributed by atoms with Crippen LogP contribution < -0.4 is 30.2 Å². The molecule has 63 heavy (non-hydrogen) atoms. The van der Waals surface area contributed by atoms with Gasteiger partial charge in [-0.15, -0.1) is 23.1 Å². The van der Waals surface area contributed by atoms with Crippen molar-refractivity contribution in [2.24, 2.45) is 0 Å². The Morgan fingerprint density at radius 1 is 0.778 bits per heavy atom. The van der Waals surface area contributed by atoms with Gasteiger partial charge in [0.1, 0.15) is 15.9 Å². The van der Waals surface area contributed by atoms with E-state index >= 15 is 0 Å². The Morgan fingerprint density at radius 3 is 2.10 bits per heavy atom. The van der Waals surface area contributed by atoms with Crippen molar-refractivity contribution in [2.75, 3.05) is 45.6 Å². The maximum Gasteiger partial charge on any atom is 0.341 e. The van der Waals surface area contributed by atoms with Gasteiger partial charge in [0.2, 0.25) is 11.7 Å². The minimum atomic E-state index is -0.753. The monoisotopic (exact) mass is 882 g/mol. The van der Waals surface area contributed by atoms with Gasteiger partial charge in [-0.05, 0) is 77.2 Å². The molecule has 0 fully saturated rings. The Morgan fingerprint density at radius 2 is 1.44 bits per heavy atom. The molecule has 0 aliphatic carbocycles. The van der Waals surface area contributed by atoms with E-state index in [4.69, 9.17) is 18.9 Å². The molecule has 3 amide bonds. The van der Waals surface area contributed by atoms with Gasteiger partial charge < -0.3 is 34.9 Å². The van der Waals surface area contributed by atoms with Crippen LogP contribution >= 0.6 is 23.1 Å². The maximum atomic E-state index is 14.4. The molecule has 1 unspecified atom stereocenters. The summed E-state index contributed by atoms with van der Waals surface area (Å²) in [7, 11) is 5.82. The van der Waals surface area contributed by atoms with Crippen LogP contribution in [-0.2, 0) is 33.8 Å². The van der Waals surface area contributed by atoms with Crippen molar-refractivity contribution in [3.05, 3.63) is 171 Å². The molecule has 322 valence electrons. The zero-order valence-electron chi connectivity index (χ0n) is 35.1. The van der Waals surface area contributed by atoms with Gasteiger partial charge >= 0.3 is 5.97 Å². The summed E-state index contributed by atoms with van der Waals surface area (Å²) in [6.07, 6.45) is 2.16. The zero-order valence-corrected chi connectivity index (χ0v) is 36.8. The molecule has 12 nitrogen and oxygen atoms in total. The van der Waals surface area contributed by atoms with Crippen LogP contribution in [0.2, 0.25) is 0 Å². The number of ether oxygens (including phenoxy) is 4. The Hall–Kier alpha value is -6.87. The number of thioether (sulfide) groups is 1. The fourth-order valence-electron chi connectivity index (χ4n) is 7.19. The highest BCUT2D eigenvalue weighted by Gasteiger charge is 2.31. The smallest absolute Gasteiger partial charge is 0.341 e. The summed E-state index contributed by atoms with van der Waals surface area (Å²) in [6.45, 7) is 2.17. The van der Waals surface area contributed by atoms with Crippen molar-refractivity contribution in [1.29, 1.82) is 0 Å². The Bertz CT molecular complexity index is 2590. The minimum Gasteiger partial charge on any atom is -0.493 e. The van der Waals surface area contributed by atoms with Crippen molar-refractivity contribution >= 4 is 63.6 Å². The summed E-state index contributed by atoms with van der Waals surface area (Å²) in [5, 5.41) is 8.48. The highest BCUT2D eigenvalue weighted by atomic mass is 32.2. The number of hydrogen-bond donors (Lipinski definition) is 3. The lowest BCUT2D eigenvalue weighted by Crippen LogP contribution is -2.30. The fourth-order valence-corrected chi connectivity index (χ4v) is 9.56. The zero-order chi connectivity index (χ0) is 44.3. The number of nitrogens with one attached hydrogen (secondary N) is 3. The second-order valence-electron chi connectivity index (χ2n) is 14.4. The van der Waals surface area contributed by atoms with Crippen molar-refractivity contribution in [1.82, 2.24) is 10.2 Å². The number of carbonyl (C=O) groups is 4. The van der Waals surface area contributed by atoms with E-state index in [9.17, 15) is 19.2 Å². The maximum absolute atomic E-state index is 14.4. The van der Waals surface area contributed by atoms with Crippen LogP contribution in [0.15, 0.2) is 138 Å². The van der Waals surface area contributed by atoms with E-state index in [1.54, 1.807) is 60.7 Å². The number of amides is 3. The number of rotatable bonds is 16. The molecule has 14 heteroatoms. The molecule has 6 aromatic rings. The minimum absolute atomic E-state index is 0.0547. The summed E-state index contributed by atoms with van der Waals surface area (Å²) in [6, 6.07) is 38.6. The lowest BCUT2D eigenvalue weighted by molar-refractivity contribution is -0.116. The molecule has 0 saturated heterocycles. The van der Waals surface area contributed by atoms with E-state index in [-0.39, 0.29) is 11.6 Å². The molecule has 2 heterocycles. The number of esters is 1. The third kappa shape index (κ3) is 10.8. The number of benzene rings is 5. The van der Waals surface area contributed by atoms with E-state index in [2.05, 4.69) is 33.0 Å². The fraction of sp³-hybridized carbons (Fsp3) is 0.184. The van der Waals surface area contributed by atoms with E-state index in [1.165, 1.54) is 63.2 Å². The first kappa shape index (κ1) is 44.2. The normalized spacial score (nSPS) is 12.9. The first-order valence-electron chi connectivity index (χ1n) is 20.0. The van der Waals surface area contributed by atoms with Crippen LogP contribution in [0, 0.1) is 0 Å². The van der Waals surface area contributed by atoms with Gasteiger partial charge in [0.05, 0.1) is 34.0 Å². The van der Waals surface area contributed by atoms with Crippen LogP contribution in [0.4, 0.5) is 10.7 Å². The first-order chi connectivity index (χ1) is 30.7. The standard InChI is InChI=1S/C49H46N4O8S2/c1-58-39-26-32(27-40(59-2)43(39)60-3)25-38(51-45(54)34-19-12-7-13-20-34)46(55)50-35-21-14-22-36(28-35)62-44(33-17-10-6-11-18-33)47(56)52-48-42(49(57)61-4)37-23-24-53(30-41(37)63-48)29-31-15-8-5-9-16-31/h5-22,25-28,44H,23-24,29-30H2,1-4H3,(H,50,55)(H,51,54)(H,52,56)/b38-25+. The molecule has 0 bridgehead atoms. The average Bonchev–Trinajstić information content (AvgIpc) is 3.67.